The highest BCUT2D eigenvalue weighted by Gasteiger charge is 2.21. The van der Waals surface area contributed by atoms with E-state index in [1.807, 2.05) is 0 Å². The lowest BCUT2D eigenvalue weighted by molar-refractivity contribution is 0.221. The van der Waals surface area contributed by atoms with Crippen molar-refractivity contribution < 1.29 is 8.78 Å². The van der Waals surface area contributed by atoms with E-state index in [0.717, 1.165) is 25.9 Å². The second-order valence-electron chi connectivity index (χ2n) is 5.35. The molecule has 1 aromatic rings. The fourth-order valence-corrected chi connectivity index (χ4v) is 2.20. The molecule has 1 aliphatic heterocycles. The average molecular weight is 254 g/mol. The van der Waals surface area contributed by atoms with Crippen LogP contribution in [0.4, 0.5) is 14.5 Å². The Kier molecular flexibility index (Phi) is 3.85. The Balaban J connectivity index is 2.09. The molecule has 1 fully saturated rings. The zero-order chi connectivity index (χ0) is 13.2. The van der Waals surface area contributed by atoms with Crippen molar-refractivity contribution in [3.8, 4) is 0 Å². The van der Waals surface area contributed by atoms with Crippen molar-refractivity contribution in [2.45, 2.75) is 38.4 Å². The maximum atomic E-state index is 13.9. The van der Waals surface area contributed by atoms with Gasteiger partial charge in [0.1, 0.15) is 11.5 Å². The first kappa shape index (κ1) is 13.3. The van der Waals surface area contributed by atoms with Crippen LogP contribution < -0.4 is 10.6 Å². The van der Waals surface area contributed by atoms with Crippen LogP contribution in [0.3, 0.4) is 0 Å². The maximum Gasteiger partial charge on any atom is 0.146 e. The largest absolute Gasteiger partial charge is 0.379 e. The van der Waals surface area contributed by atoms with Crippen molar-refractivity contribution in [2.75, 3.05) is 18.4 Å². The molecule has 2 N–H and O–H groups in total. The van der Waals surface area contributed by atoms with Crippen molar-refractivity contribution in [3.05, 3.63) is 29.6 Å². The first-order valence-electron chi connectivity index (χ1n) is 6.43. The summed E-state index contributed by atoms with van der Waals surface area (Å²) >= 11 is 0. The second-order valence-corrected chi connectivity index (χ2v) is 5.35. The molecule has 0 saturated carbocycles. The van der Waals surface area contributed by atoms with Gasteiger partial charge in [0.2, 0.25) is 0 Å². The number of hydrogen-bond donors (Lipinski definition) is 2. The van der Waals surface area contributed by atoms with E-state index >= 15 is 0 Å². The summed E-state index contributed by atoms with van der Waals surface area (Å²) < 4.78 is 27.6. The Bertz CT molecular complexity index is 407. The highest BCUT2D eigenvalue weighted by Crippen LogP contribution is 2.28. The van der Waals surface area contributed by atoms with Gasteiger partial charge in [0.15, 0.2) is 0 Å². The van der Waals surface area contributed by atoms with Gasteiger partial charge in [0.25, 0.3) is 0 Å². The minimum absolute atomic E-state index is 0.248. The Morgan fingerprint density at radius 2 is 2.17 bits per heavy atom. The molecule has 1 aromatic carbocycles. The summed E-state index contributed by atoms with van der Waals surface area (Å²) in [4.78, 5) is 0. The topological polar surface area (TPSA) is 24.1 Å². The van der Waals surface area contributed by atoms with Crippen LogP contribution in [0.15, 0.2) is 18.2 Å². The molecule has 0 radical (unpaired) electrons. The zero-order valence-corrected chi connectivity index (χ0v) is 10.9. The van der Waals surface area contributed by atoms with Crippen LogP contribution in [0.2, 0.25) is 0 Å². The van der Waals surface area contributed by atoms with Gasteiger partial charge in [-0.1, -0.05) is 6.07 Å². The first-order valence-corrected chi connectivity index (χ1v) is 6.43. The molecule has 1 unspecified atom stereocenters. The molecule has 0 amide bonds. The molecule has 2 nitrogen and oxygen atoms in total. The molecule has 0 bridgehead atoms. The number of halogens is 2. The number of benzene rings is 1. The predicted molar refractivity (Wildman–Crippen MR) is 70.0 cm³/mol. The van der Waals surface area contributed by atoms with Crippen molar-refractivity contribution in [1.82, 2.24) is 5.32 Å². The molecular formula is C14H20F2N2. The van der Waals surface area contributed by atoms with Crippen LogP contribution in [0.5, 0.6) is 0 Å². The lowest BCUT2D eigenvalue weighted by Gasteiger charge is -2.25. The summed E-state index contributed by atoms with van der Waals surface area (Å²) in [6, 6.07) is 4.79. The third-order valence-electron chi connectivity index (χ3n) is 3.31. The highest BCUT2D eigenvalue weighted by atomic mass is 19.1. The summed E-state index contributed by atoms with van der Waals surface area (Å²) in [6.45, 7) is 4.73. The molecule has 0 aliphatic carbocycles. The predicted octanol–water partition coefficient (Wildman–Crippen LogP) is 3.19. The van der Waals surface area contributed by atoms with Crippen LogP contribution >= 0.6 is 0 Å². The molecular weight excluding hydrogens is 234 g/mol. The molecule has 1 aliphatic rings. The van der Waals surface area contributed by atoms with Crippen molar-refractivity contribution in [3.63, 3.8) is 0 Å². The van der Waals surface area contributed by atoms with Gasteiger partial charge in [-0.15, -0.1) is 0 Å². The van der Waals surface area contributed by atoms with E-state index in [-0.39, 0.29) is 11.9 Å². The monoisotopic (exact) mass is 254 g/mol. The number of rotatable bonds is 3. The summed E-state index contributed by atoms with van der Waals surface area (Å²) in [7, 11) is 0. The van der Waals surface area contributed by atoms with Crippen molar-refractivity contribution >= 4 is 5.69 Å². The Hall–Kier alpha value is -1.16. The summed E-state index contributed by atoms with van der Waals surface area (Å²) in [6.07, 6.45) is 2.12. The standard InChI is InChI=1S/C14H20F2N2/c1-14(2,16)10-5-6-13(12(15)8-10)18-11-4-3-7-17-9-11/h5-6,8,11,17-18H,3-4,7,9H2,1-2H3. The lowest BCUT2D eigenvalue weighted by Crippen LogP contribution is -2.38. The number of nitrogens with one attached hydrogen (secondary N) is 2. The molecule has 1 saturated heterocycles. The van der Waals surface area contributed by atoms with Crippen molar-refractivity contribution in [2.24, 2.45) is 0 Å². The van der Waals surface area contributed by atoms with Crippen LogP contribution in [-0.2, 0) is 5.67 Å². The van der Waals surface area contributed by atoms with Gasteiger partial charge < -0.3 is 10.6 Å². The van der Waals surface area contributed by atoms with Gasteiger partial charge in [-0.2, -0.15) is 0 Å². The summed E-state index contributed by atoms with van der Waals surface area (Å²) in [5.74, 6) is -0.385. The third kappa shape index (κ3) is 3.19. The van der Waals surface area contributed by atoms with Crippen LogP contribution in [0.25, 0.3) is 0 Å². The fourth-order valence-electron chi connectivity index (χ4n) is 2.20. The number of alkyl halides is 1. The van der Waals surface area contributed by atoms with E-state index in [2.05, 4.69) is 10.6 Å². The SMILES string of the molecule is CC(C)(F)c1ccc(NC2CCCNC2)c(F)c1. The molecule has 100 valence electrons. The lowest BCUT2D eigenvalue weighted by atomic mass is 9.99. The summed E-state index contributed by atoms with van der Waals surface area (Å²) in [5.41, 5.74) is -0.685. The second kappa shape index (κ2) is 5.22. The van der Waals surface area contributed by atoms with Gasteiger partial charge in [0.05, 0.1) is 5.69 Å². The minimum atomic E-state index is -1.51. The quantitative estimate of drug-likeness (QED) is 0.865. The van der Waals surface area contributed by atoms with Gasteiger partial charge in [-0.05, 0) is 50.9 Å². The molecule has 2 rings (SSSR count). The average Bonchev–Trinajstić information content (AvgIpc) is 2.32. The molecule has 1 atom stereocenters. The Morgan fingerprint density at radius 3 is 2.72 bits per heavy atom. The molecule has 4 heteroatoms. The maximum absolute atomic E-state index is 13.9. The summed E-state index contributed by atoms with van der Waals surface area (Å²) in [5, 5.41) is 6.43. The van der Waals surface area contributed by atoms with E-state index in [9.17, 15) is 8.78 Å². The van der Waals surface area contributed by atoms with E-state index in [1.165, 1.54) is 19.9 Å². The van der Waals surface area contributed by atoms with Gasteiger partial charge in [-0.25, -0.2) is 8.78 Å². The smallest absolute Gasteiger partial charge is 0.146 e. The highest BCUT2D eigenvalue weighted by molar-refractivity contribution is 5.48. The fraction of sp³-hybridized carbons (Fsp3) is 0.571. The third-order valence-corrected chi connectivity index (χ3v) is 3.31. The zero-order valence-electron chi connectivity index (χ0n) is 10.9. The first-order chi connectivity index (χ1) is 8.47. The molecule has 0 aromatic heterocycles. The van der Waals surface area contributed by atoms with Crippen molar-refractivity contribution in [1.29, 1.82) is 0 Å². The number of anilines is 1. The Labute approximate surface area is 107 Å². The number of hydrogen-bond acceptors (Lipinski definition) is 2. The van der Waals surface area contributed by atoms with Gasteiger partial charge >= 0.3 is 0 Å². The van der Waals surface area contributed by atoms with Crippen LogP contribution in [0.1, 0.15) is 32.3 Å². The Morgan fingerprint density at radius 1 is 1.39 bits per heavy atom. The van der Waals surface area contributed by atoms with Crippen LogP contribution in [0, 0.1) is 5.82 Å². The molecule has 1 heterocycles. The molecule has 18 heavy (non-hydrogen) atoms. The number of piperidine rings is 1. The van der Waals surface area contributed by atoms with E-state index in [4.69, 9.17) is 0 Å². The van der Waals surface area contributed by atoms with Crippen LogP contribution in [-0.4, -0.2) is 19.1 Å². The van der Waals surface area contributed by atoms with Gasteiger partial charge in [-0.3, -0.25) is 0 Å². The van der Waals surface area contributed by atoms with E-state index in [1.54, 1.807) is 12.1 Å². The normalized spacial score (nSPS) is 20.8. The van der Waals surface area contributed by atoms with Gasteiger partial charge in [0, 0.05) is 12.6 Å². The minimum Gasteiger partial charge on any atom is -0.379 e. The van der Waals surface area contributed by atoms with E-state index in [0.29, 0.717) is 11.3 Å². The van der Waals surface area contributed by atoms with E-state index < -0.39 is 5.67 Å². The molecule has 0 spiro atoms.